The number of carbonyl (C=O) groups is 1. The van der Waals surface area contributed by atoms with Crippen molar-refractivity contribution in [2.75, 3.05) is 27.4 Å². The van der Waals surface area contributed by atoms with Crippen LogP contribution in [0.5, 0.6) is 11.5 Å². The van der Waals surface area contributed by atoms with Crippen LogP contribution in [-0.4, -0.2) is 54.6 Å². The van der Waals surface area contributed by atoms with Crippen molar-refractivity contribution in [1.82, 2.24) is 10.3 Å². The summed E-state index contributed by atoms with van der Waals surface area (Å²) < 4.78 is 18.1. The molecule has 1 amide bonds. The highest BCUT2D eigenvalue weighted by molar-refractivity contribution is 9.10. The molecule has 0 radical (unpaired) electrons. The van der Waals surface area contributed by atoms with Crippen LogP contribution < -0.4 is 14.8 Å². The van der Waals surface area contributed by atoms with Gasteiger partial charge in [-0.2, -0.15) is 0 Å². The molecule has 1 fully saturated rings. The number of nitrogens with zero attached hydrogens (tertiary/aromatic N) is 1. The van der Waals surface area contributed by atoms with Gasteiger partial charge in [-0.1, -0.05) is 58.4 Å². The van der Waals surface area contributed by atoms with Crippen molar-refractivity contribution in [3.05, 3.63) is 88.2 Å². The van der Waals surface area contributed by atoms with Gasteiger partial charge in [-0.15, -0.1) is 0 Å². The number of hydrogen-bond acceptors (Lipinski definition) is 7. The normalized spacial score (nSPS) is 28.2. The van der Waals surface area contributed by atoms with Crippen molar-refractivity contribution in [3.63, 3.8) is 0 Å². The number of aromatic nitrogens is 1. The van der Waals surface area contributed by atoms with Crippen molar-refractivity contribution in [1.29, 1.82) is 0 Å². The second-order valence-corrected chi connectivity index (χ2v) is 9.88. The minimum Gasteiger partial charge on any atom is -0.495 e. The van der Waals surface area contributed by atoms with Gasteiger partial charge in [0.1, 0.15) is 17.6 Å². The van der Waals surface area contributed by atoms with E-state index in [0.717, 1.165) is 10.0 Å². The standard InChI is InChI=1S/C27H27BrN2O6/c1-34-13-12-30-25(32)21-22(16-6-4-3-5-7-16)27(17-8-10-18(28)11-9-17)26(33,24(21)31)23-19(35-2)14-29-15-20(23)36-27/h3-11,14-15,21-22,24,31,33H,12-13H2,1-2H3,(H,30,32)/t21-,22-,24-,26+,27+/m1/s1. The number of carbonyl (C=O) groups excluding carboxylic acids is 1. The van der Waals surface area contributed by atoms with E-state index in [2.05, 4.69) is 26.2 Å². The lowest BCUT2D eigenvalue weighted by Crippen LogP contribution is -2.52. The molecule has 1 aliphatic carbocycles. The van der Waals surface area contributed by atoms with Gasteiger partial charge in [0, 0.05) is 24.0 Å². The van der Waals surface area contributed by atoms with E-state index in [-0.39, 0.29) is 23.6 Å². The van der Waals surface area contributed by atoms with E-state index in [1.807, 2.05) is 54.6 Å². The third kappa shape index (κ3) is 3.45. The van der Waals surface area contributed by atoms with Gasteiger partial charge in [-0.05, 0) is 23.3 Å². The first-order valence-corrected chi connectivity index (χ1v) is 12.4. The maximum atomic E-state index is 13.6. The molecule has 1 saturated carbocycles. The van der Waals surface area contributed by atoms with Crippen LogP contribution in [-0.2, 0) is 20.7 Å². The second-order valence-electron chi connectivity index (χ2n) is 8.97. The van der Waals surface area contributed by atoms with Crippen LogP contribution in [0.15, 0.2) is 71.5 Å². The van der Waals surface area contributed by atoms with Crippen molar-refractivity contribution in [2.24, 2.45) is 5.92 Å². The molecule has 5 rings (SSSR count). The minimum absolute atomic E-state index is 0.258. The number of ether oxygens (including phenoxy) is 3. The Morgan fingerprint density at radius 1 is 1.14 bits per heavy atom. The van der Waals surface area contributed by atoms with Crippen LogP contribution in [0.2, 0.25) is 0 Å². The van der Waals surface area contributed by atoms with Crippen LogP contribution in [0.1, 0.15) is 22.6 Å². The zero-order chi connectivity index (χ0) is 25.5. The average Bonchev–Trinajstić information content (AvgIpc) is 3.28. The summed E-state index contributed by atoms with van der Waals surface area (Å²) in [5, 5.41) is 27.4. The predicted molar refractivity (Wildman–Crippen MR) is 135 cm³/mol. The number of benzene rings is 2. The summed E-state index contributed by atoms with van der Waals surface area (Å²) in [6.45, 7) is 0.569. The highest BCUT2D eigenvalue weighted by Gasteiger charge is 2.78. The van der Waals surface area contributed by atoms with Crippen LogP contribution >= 0.6 is 15.9 Å². The van der Waals surface area contributed by atoms with E-state index in [4.69, 9.17) is 14.2 Å². The number of hydrogen-bond donors (Lipinski definition) is 3. The minimum atomic E-state index is -2.03. The number of aliphatic hydroxyl groups is 2. The molecule has 36 heavy (non-hydrogen) atoms. The Hall–Kier alpha value is -2.98. The zero-order valence-corrected chi connectivity index (χ0v) is 21.4. The zero-order valence-electron chi connectivity index (χ0n) is 19.8. The van der Waals surface area contributed by atoms with Gasteiger partial charge >= 0.3 is 0 Å². The Balaban J connectivity index is 1.80. The predicted octanol–water partition coefficient (Wildman–Crippen LogP) is 2.87. The lowest BCUT2D eigenvalue weighted by molar-refractivity contribution is -0.154. The number of aliphatic hydroxyl groups excluding tert-OH is 1. The molecule has 0 bridgehead atoms. The molecule has 2 aliphatic rings. The monoisotopic (exact) mass is 554 g/mol. The number of halogens is 1. The fourth-order valence-electron chi connectivity index (χ4n) is 5.78. The molecule has 3 N–H and O–H groups in total. The SMILES string of the molecule is COCCNC(=O)[C@H]1[C@@H](O)[C@@]2(O)c3c(OC)cncc3O[C@@]2(c2ccc(Br)cc2)[C@@H]1c1ccccc1. The van der Waals surface area contributed by atoms with E-state index in [1.165, 1.54) is 19.5 Å². The second kappa shape index (κ2) is 9.48. The van der Waals surface area contributed by atoms with Crippen LogP contribution in [0.3, 0.4) is 0 Å². The smallest absolute Gasteiger partial charge is 0.226 e. The van der Waals surface area contributed by atoms with Gasteiger partial charge in [0.05, 0.1) is 37.6 Å². The van der Waals surface area contributed by atoms with E-state index in [1.54, 1.807) is 7.11 Å². The molecular weight excluding hydrogens is 528 g/mol. The number of nitrogens with one attached hydrogen (secondary N) is 1. The molecular formula is C27H27BrN2O6. The third-order valence-corrected chi connectivity index (χ3v) is 7.75. The van der Waals surface area contributed by atoms with Crippen LogP contribution in [0, 0.1) is 5.92 Å². The molecule has 5 atom stereocenters. The summed E-state index contributed by atoms with van der Waals surface area (Å²) in [6, 6.07) is 16.7. The molecule has 0 spiro atoms. The van der Waals surface area contributed by atoms with Crippen molar-refractivity contribution >= 4 is 21.8 Å². The lowest BCUT2D eigenvalue weighted by Gasteiger charge is -2.40. The molecule has 2 heterocycles. The molecule has 9 heteroatoms. The Morgan fingerprint density at radius 2 is 1.86 bits per heavy atom. The van der Waals surface area contributed by atoms with E-state index < -0.39 is 35.0 Å². The molecule has 8 nitrogen and oxygen atoms in total. The number of pyridine rings is 1. The maximum absolute atomic E-state index is 13.6. The molecule has 0 saturated heterocycles. The quantitative estimate of drug-likeness (QED) is 0.385. The summed E-state index contributed by atoms with van der Waals surface area (Å²) >= 11 is 3.47. The first-order chi connectivity index (χ1) is 17.4. The Bertz CT molecular complexity index is 1260. The number of methoxy groups -OCH3 is 2. The Kier molecular flexibility index (Phi) is 6.50. The summed E-state index contributed by atoms with van der Waals surface area (Å²) in [5.74, 6) is -1.67. The van der Waals surface area contributed by atoms with Crippen molar-refractivity contribution in [3.8, 4) is 11.5 Å². The molecule has 3 aromatic rings. The molecule has 0 unspecified atom stereocenters. The Morgan fingerprint density at radius 3 is 2.53 bits per heavy atom. The largest absolute Gasteiger partial charge is 0.495 e. The fraction of sp³-hybridized carbons (Fsp3) is 0.333. The third-order valence-electron chi connectivity index (χ3n) is 7.22. The van der Waals surface area contributed by atoms with Crippen molar-refractivity contribution < 1.29 is 29.2 Å². The van der Waals surface area contributed by atoms with Gasteiger partial charge in [0.15, 0.2) is 11.2 Å². The van der Waals surface area contributed by atoms with Crippen LogP contribution in [0.4, 0.5) is 0 Å². The Labute approximate surface area is 217 Å². The van der Waals surface area contributed by atoms with Gasteiger partial charge in [0.2, 0.25) is 5.91 Å². The molecule has 2 aromatic carbocycles. The topological polar surface area (TPSA) is 110 Å². The van der Waals surface area contributed by atoms with Gasteiger partial charge < -0.3 is 29.7 Å². The summed E-state index contributed by atoms with van der Waals surface area (Å²) in [6.07, 6.45) is 1.43. The van der Waals surface area contributed by atoms with Gasteiger partial charge in [0.25, 0.3) is 0 Å². The van der Waals surface area contributed by atoms with Gasteiger partial charge in [-0.3, -0.25) is 9.78 Å². The van der Waals surface area contributed by atoms with E-state index >= 15 is 0 Å². The fourth-order valence-corrected chi connectivity index (χ4v) is 6.04. The highest BCUT2D eigenvalue weighted by Crippen LogP contribution is 2.69. The lowest BCUT2D eigenvalue weighted by atomic mass is 9.70. The first-order valence-electron chi connectivity index (χ1n) is 11.6. The summed E-state index contributed by atoms with van der Waals surface area (Å²) in [4.78, 5) is 17.8. The molecule has 1 aliphatic heterocycles. The van der Waals surface area contributed by atoms with Gasteiger partial charge in [-0.25, -0.2) is 0 Å². The maximum Gasteiger partial charge on any atom is 0.226 e. The number of amides is 1. The average molecular weight is 555 g/mol. The number of rotatable bonds is 7. The highest BCUT2D eigenvalue weighted by atomic mass is 79.9. The molecule has 188 valence electrons. The summed E-state index contributed by atoms with van der Waals surface area (Å²) in [7, 11) is 3.01. The van der Waals surface area contributed by atoms with Crippen LogP contribution in [0.25, 0.3) is 0 Å². The number of fused-ring (bicyclic) bond motifs is 3. The van der Waals surface area contributed by atoms with E-state index in [0.29, 0.717) is 12.2 Å². The molecule has 1 aromatic heterocycles. The van der Waals surface area contributed by atoms with E-state index in [9.17, 15) is 15.0 Å². The summed E-state index contributed by atoms with van der Waals surface area (Å²) in [5.41, 5.74) is -1.98. The van der Waals surface area contributed by atoms with Crippen molar-refractivity contribution in [2.45, 2.75) is 23.2 Å². The first kappa shape index (κ1) is 24.7.